The molecule has 0 rings (SSSR count). The molecule has 6 heavy (non-hydrogen) atoms. The van der Waals surface area contributed by atoms with E-state index in [1.165, 1.54) is 0 Å². The molecule has 0 aromatic heterocycles. The summed E-state index contributed by atoms with van der Waals surface area (Å²) in [4.78, 5) is 8.56. The van der Waals surface area contributed by atoms with E-state index in [9.17, 15) is 0 Å². The average molecular weight is 228 g/mol. The predicted octanol–water partition coefficient (Wildman–Crippen LogP) is 0.727. The van der Waals surface area contributed by atoms with Crippen LogP contribution in [0.4, 0.5) is 4.79 Å². The van der Waals surface area contributed by atoms with Crippen molar-refractivity contribution in [2.75, 3.05) is 0 Å². The minimum absolute atomic E-state index is 1.03. The topological polar surface area (TPSA) is 57.5 Å². The zero-order valence-electron chi connectivity index (χ0n) is 3.18. The molecule has 2 N–H and O–H groups in total. The summed E-state index contributed by atoms with van der Waals surface area (Å²) in [6.45, 7) is 0. The Kier molecular flexibility index (Phi) is 17.3. The number of rotatable bonds is 0. The Bertz CT molecular complexity index is 33.8. The van der Waals surface area contributed by atoms with Gasteiger partial charge in [-0.2, -0.15) is 0 Å². The van der Waals surface area contributed by atoms with Gasteiger partial charge in [0.1, 0.15) is 0 Å². The van der Waals surface area contributed by atoms with Gasteiger partial charge in [-0.1, -0.05) is 0 Å². The van der Waals surface area contributed by atoms with Gasteiger partial charge >= 0.3 is 60.1 Å². The van der Waals surface area contributed by atoms with E-state index in [4.69, 9.17) is 15.0 Å². The van der Waals surface area contributed by atoms with Crippen LogP contribution in [-0.4, -0.2) is 59.1 Å². The molecule has 0 spiro atoms. The molecule has 0 saturated carbocycles. The second-order valence-electron chi connectivity index (χ2n) is 0.283. The van der Waals surface area contributed by atoms with Crippen molar-refractivity contribution >= 4 is 60.1 Å². The van der Waals surface area contributed by atoms with Crippen LogP contribution < -0.4 is 0 Å². The van der Waals surface area contributed by atoms with Crippen LogP contribution in [0.1, 0.15) is 0 Å². The van der Waals surface area contributed by atoms with Crippen LogP contribution in [0.3, 0.4) is 0 Å². The van der Waals surface area contributed by atoms with Crippen molar-refractivity contribution in [1.82, 2.24) is 0 Å². The van der Waals surface area contributed by atoms with Gasteiger partial charge in [0.2, 0.25) is 0 Å². The summed E-state index contributed by atoms with van der Waals surface area (Å²) >= 11 is 3.37. The van der Waals surface area contributed by atoms with E-state index in [1.54, 1.807) is 0 Å². The van der Waals surface area contributed by atoms with Crippen molar-refractivity contribution in [1.29, 1.82) is 0 Å². The first kappa shape index (κ1) is 10.6. The fourth-order valence-corrected chi connectivity index (χ4v) is 0. The molecule has 0 aromatic carbocycles. The molecule has 0 saturated heterocycles. The van der Waals surface area contributed by atoms with Gasteiger partial charge in [-0.15, -0.1) is 0 Å². The third kappa shape index (κ3) is 45.2. The summed E-state index contributed by atoms with van der Waals surface area (Å²) in [5.41, 5.74) is 0. The van der Waals surface area contributed by atoms with E-state index >= 15 is 0 Å². The molecule has 0 aliphatic heterocycles. The summed E-state index contributed by atoms with van der Waals surface area (Å²) in [7, 11) is 0. The minimum atomic E-state index is -1.83. The van der Waals surface area contributed by atoms with Gasteiger partial charge in [-0.05, 0) is 0 Å². The third-order valence-corrected chi connectivity index (χ3v) is 0. The van der Waals surface area contributed by atoms with Crippen molar-refractivity contribution in [3.05, 3.63) is 0 Å². The number of hydrogen-bond acceptors (Lipinski definition) is 1. The number of carboxylic acid groups (broad SMARTS) is 2. The monoisotopic (exact) mass is 228 g/mol. The normalized spacial score (nSPS) is 5.17. The summed E-state index contributed by atoms with van der Waals surface area (Å²) in [5, 5.41) is 13.9. The zero-order chi connectivity index (χ0) is 5.58. The second kappa shape index (κ2) is 9.81. The Balaban J connectivity index is 0. The molecular weight excluding hydrogens is 226 g/mol. The fourth-order valence-electron chi connectivity index (χ4n) is 0. The van der Waals surface area contributed by atoms with E-state index in [1.807, 2.05) is 0 Å². The first-order chi connectivity index (χ1) is 2.73. The van der Waals surface area contributed by atoms with Gasteiger partial charge in [-0.25, -0.2) is 4.79 Å². The Morgan fingerprint density at radius 3 is 1.50 bits per heavy atom. The van der Waals surface area contributed by atoms with Gasteiger partial charge < -0.3 is 10.2 Å². The van der Waals surface area contributed by atoms with Crippen molar-refractivity contribution in [3.8, 4) is 0 Å². The Hall–Kier alpha value is 1.64. The van der Waals surface area contributed by atoms with Crippen LogP contribution >= 0.6 is 11.3 Å². The summed E-state index contributed by atoms with van der Waals surface area (Å²) in [6, 6.07) is 0. The van der Waals surface area contributed by atoms with Crippen LogP contribution in [0.25, 0.3) is 0 Å². The molecule has 0 bridgehead atoms. The molecule has 0 fully saturated rings. The summed E-state index contributed by atoms with van der Waals surface area (Å²) < 4.78 is 0. The molecule has 0 aromatic rings. The quantitative estimate of drug-likeness (QED) is 0.474. The van der Waals surface area contributed by atoms with Crippen LogP contribution in [-0.2, 0) is 0 Å². The third-order valence-electron chi connectivity index (χ3n) is 0. The maximum atomic E-state index is 8.56. The van der Waals surface area contributed by atoms with Crippen LogP contribution in [0.15, 0.2) is 0 Å². The van der Waals surface area contributed by atoms with Crippen molar-refractivity contribution in [2.24, 2.45) is 0 Å². The van der Waals surface area contributed by atoms with Gasteiger partial charge in [0.05, 0.1) is 0 Å². The van der Waals surface area contributed by atoms with Gasteiger partial charge in [0.25, 0.3) is 0 Å². The molecule has 0 atom stereocenters. The second-order valence-corrected chi connectivity index (χ2v) is 0.283. The van der Waals surface area contributed by atoms with Crippen molar-refractivity contribution in [2.45, 2.75) is 0 Å². The van der Waals surface area contributed by atoms with Crippen LogP contribution in [0.5, 0.6) is 0 Å². The van der Waals surface area contributed by atoms with E-state index in [0.29, 0.717) is 0 Å². The molecule has 32 valence electrons. The standard InChI is InChI=1S/CH2O3.HI.K/c2-1(3)4;;/h(H2,2,3,4);1H;/q;;+1/p-1. The number of hydrogen-bond donors (Lipinski definition) is 2. The molecule has 0 heterocycles. The molecular formula is CH2IKO3. The van der Waals surface area contributed by atoms with Crippen LogP contribution in [0, 0.1) is 0 Å². The van der Waals surface area contributed by atoms with Crippen LogP contribution in [0.2, 0.25) is 0 Å². The number of halogens is 1. The Morgan fingerprint density at radius 1 is 1.50 bits per heavy atom. The Labute approximate surface area is 73.2 Å². The molecule has 5 heteroatoms. The van der Waals surface area contributed by atoms with E-state index in [2.05, 4.69) is 11.3 Å². The van der Waals surface area contributed by atoms with Gasteiger partial charge in [0, 0.05) is 0 Å². The summed E-state index contributed by atoms with van der Waals surface area (Å²) in [6.07, 6.45) is -1.83. The molecule has 0 aliphatic rings. The zero-order valence-corrected chi connectivity index (χ0v) is 8.46. The average Bonchev–Trinajstić information content (AvgIpc) is 1.41. The van der Waals surface area contributed by atoms with Gasteiger partial charge in [-0.3, -0.25) is 0 Å². The van der Waals surface area contributed by atoms with Gasteiger partial charge in [0.15, 0.2) is 0 Å². The molecule has 3 nitrogen and oxygen atoms in total. The molecule has 0 aliphatic carbocycles. The number of carbonyl (C=O) groups is 1. The van der Waals surface area contributed by atoms with Crippen molar-refractivity contribution in [3.63, 3.8) is 0 Å². The van der Waals surface area contributed by atoms with E-state index in [-0.39, 0.29) is 0 Å². The maximum absolute atomic E-state index is 8.56. The molecule has 0 radical (unpaired) electrons. The molecule has 0 amide bonds. The summed E-state index contributed by atoms with van der Waals surface area (Å²) in [5.74, 6) is 0. The predicted molar refractivity (Wildman–Crippen MR) is 30.4 cm³/mol. The Morgan fingerprint density at radius 2 is 1.50 bits per heavy atom. The van der Waals surface area contributed by atoms with E-state index < -0.39 is 6.16 Å². The fraction of sp³-hybridized carbons (Fsp3) is 0. The molecule has 0 unspecified atom stereocenters. The van der Waals surface area contributed by atoms with Crippen molar-refractivity contribution < 1.29 is 15.0 Å². The first-order valence-corrected chi connectivity index (χ1v) is 11.1. The first-order valence-electron chi connectivity index (χ1n) is 1.03. The SMILES string of the molecule is O=C(O)O.[K][I]. The van der Waals surface area contributed by atoms with E-state index in [0.717, 1.165) is 42.7 Å².